The van der Waals surface area contributed by atoms with Crippen LogP contribution in [0.15, 0.2) is 53.7 Å². The quantitative estimate of drug-likeness (QED) is 0.592. The van der Waals surface area contributed by atoms with Gasteiger partial charge in [-0.2, -0.15) is 0 Å². The number of aromatic nitrogens is 1. The molecule has 1 aromatic heterocycles. The molecule has 1 saturated heterocycles. The highest BCUT2D eigenvalue weighted by atomic mass is 35.5. The minimum atomic E-state index is -0.0246. The lowest BCUT2D eigenvalue weighted by atomic mass is 9.95. The third kappa shape index (κ3) is 5.71. The Hall–Kier alpha value is -2.05. The minimum absolute atomic E-state index is 0.0127. The second-order valence-electron chi connectivity index (χ2n) is 6.40. The predicted octanol–water partition coefficient (Wildman–Crippen LogP) is 3.50. The van der Waals surface area contributed by atoms with Crippen molar-refractivity contribution >= 4 is 35.2 Å². The van der Waals surface area contributed by atoms with Gasteiger partial charge < -0.3 is 10.2 Å². The van der Waals surface area contributed by atoms with Gasteiger partial charge in [0.2, 0.25) is 5.91 Å². The van der Waals surface area contributed by atoms with Crippen LogP contribution >= 0.6 is 23.4 Å². The highest BCUT2D eigenvalue weighted by Crippen LogP contribution is 2.21. The molecule has 1 aliphatic rings. The summed E-state index contributed by atoms with van der Waals surface area (Å²) >= 11 is 7.56. The van der Waals surface area contributed by atoms with Gasteiger partial charge in [0.05, 0.1) is 5.56 Å². The van der Waals surface area contributed by atoms with Crippen LogP contribution < -0.4 is 5.32 Å². The van der Waals surface area contributed by atoms with Gasteiger partial charge in [0.25, 0.3) is 5.91 Å². The molecule has 2 heterocycles. The van der Waals surface area contributed by atoms with Crippen molar-refractivity contribution in [3.8, 4) is 0 Å². The summed E-state index contributed by atoms with van der Waals surface area (Å²) < 4.78 is 0. The van der Waals surface area contributed by atoms with Crippen LogP contribution in [0.5, 0.6) is 0 Å². The number of thioether (sulfide) groups is 1. The van der Waals surface area contributed by atoms with Gasteiger partial charge in [-0.1, -0.05) is 11.6 Å². The number of amides is 2. The van der Waals surface area contributed by atoms with Crippen molar-refractivity contribution in [3.63, 3.8) is 0 Å². The minimum Gasteiger partial charge on any atom is -0.355 e. The van der Waals surface area contributed by atoms with Crippen LogP contribution in [0.1, 0.15) is 23.2 Å². The highest BCUT2D eigenvalue weighted by molar-refractivity contribution is 7.99. The van der Waals surface area contributed by atoms with E-state index in [0.29, 0.717) is 38.0 Å². The highest BCUT2D eigenvalue weighted by Gasteiger charge is 2.27. The summed E-state index contributed by atoms with van der Waals surface area (Å²) in [6.07, 6.45) is 4.63. The van der Waals surface area contributed by atoms with E-state index in [0.717, 1.165) is 15.7 Å². The Bertz CT molecular complexity index is 763. The van der Waals surface area contributed by atoms with Crippen molar-refractivity contribution in [1.29, 1.82) is 0 Å². The smallest absolute Gasteiger partial charge is 0.255 e. The molecule has 0 unspecified atom stereocenters. The molecule has 142 valence electrons. The van der Waals surface area contributed by atoms with E-state index < -0.39 is 0 Å². The van der Waals surface area contributed by atoms with Crippen molar-refractivity contribution in [2.24, 2.45) is 5.92 Å². The topological polar surface area (TPSA) is 62.3 Å². The molecule has 2 aromatic rings. The lowest BCUT2D eigenvalue weighted by Gasteiger charge is -2.31. The van der Waals surface area contributed by atoms with Crippen LogP contribution in [0.4, 0.5) is 0 Å². The summed E-state index contributed by atoms with van der Waals surface area (Å²) in [4.78, 5) is 31.7. The summed E-state index contributed by atoms with van der Waals surface area (Å²) in [6.45, 7) is 1.83. The van der Waals surface area contributed by atoms with Crippen molar-refractivity contribution in [1.82, 2.24) is 15.2 Å². The molecule has 5 nitrogen and oxygen atoms in total. The molecule has 3 rings (SSSR count). The Morgan fingerprint density at radius 1 is 1.19 bits per heavy atom. The molecule has 1 aliphatic heterocycles. The van der Waals surface area contributed by atoms with E-state index in [1.165, 1.54) is 0 Å². The van der Waals surface area contributed by atoms with Crippen molar-refractivity contribution in [2.75, 3.05) is 25.4 Å². The molecule has 1 fully saturated rings. The fourth-order valence-corrected chi connectivity index (χ4v) is 3.93. The van der Waals surface area contributed by atoms with Gasteiger partial charge in [-0.15, -0.1) is 11.8 Å². The Morgan fingerprint density at radius 2 is 1.93 bits per heavy atom. The SMILES string of the molecule is O=C(NCCSc1ccc(Cl)cc1)C1CCN(C(=O)c2cccnc2)CC1. The molecule has 0 bridgehead atoms. The average molecular weight is 404 g/mol. The fraction of sp³-hybridized carbons (Fsp3) is 0.350. The van der Waals surface area contributed by atoms with E-state index in [-0.39, 0.29) is 17.7 Å². The maximum absolute atomic E-state index is 12.4. The first-order chi connectivity index (χ1) is 13.1. The molecule has 27 heavy (non-hydrogen) atoms. The third-order valence-electron chi connectivity index (χ3n) is 4.55. The molecule has 0 spiro atoms. The average Bonchev–Trinajstić information content (AvgIpc) is 2.72. The zero-order valence-corrected chi connectivity index (χ0v) is 16.5. The molecule has 7 heteroatoms. The number of carbonyl (C=O) groups is 2. The van der Waals surface area contributed by atoms with Crippen molar-refractivity contribution < 1.29 is 9.59 Å². The molecule has 0 aliphatic carbocycles. The van der Waals surface area contributed by atoms with Crippen LogP contribution in [0.2, 0.25) is 5.02 Å². The molecule has 0 saturated carbocycles. The van der Waals surface area contributed by atoms with Gasteiger partial charge in [0.1, 0.15) is 0 Å². The number of nitrogens with one attached hydrogen (secondary N) is 1. The molecule has 0 atom stereocenters. The number of hydrogen-bond donors (Lipinski definition) is 1. The lowest BCUT2D eigenvalue weighted by Crippen LogP contribution is -2.43. The summed E-state index contributed by atoms with van der Waals surface area (Å²) in [5, 5.41) is 3.73. The van der Waals surface area contributed by atoms with Gasteiger partial charge in [-0.25, -0.2) is 0 Å². The number of benzene rings is 1. The van der Waals surface area contributed by atoms with Gasteiger partial charge in [-0.3, -0.25) is 14.6 Å². The summed E-state index contributed by atoms with van der Waals surface area (Å²) in [7, 11) is 0. The molecule has 2 amide bonds. The van der Waals surface area contributed by atoms with E-state index in [1.54, 1.807) is 41.2 Å². The number of piperidine rings is 1. The molecule has 1 aromatic carbocycles. The number of rotatable bonds is 6. The first-order valence-corrected chi connectivity index (χ1v) is 10.4. The Kier molecular flexibility index (Phi) is 7.12. The molecular weight excluding hydrogens is 382 g/mol. The number of halogens is 1. The van der Waals surface area contributed by atoms with Crippen molar-refractivity contribution in [2.45, 2.75) is 17.7 Å². The lowest BCUT2D eigenvalue weighted by molar-refractivity contribution is -0.126. The summed E-state index contributed by atoms with van der Waals surface area (Å²) in [6, 6.07) is 11.2. The Balaban J connectivity index is 1.37. The van der Waals surface area contributed by atoms with Crippen LogP contribution in [0.3, 0.4) is 0 Å². The monoisotopic (exact) mass is 403 g/mol. The normalized spacial score (nSPS) is 14.8. The standard InChI is InChI=1S/C20H22ClN3O2S/c21-17-3-5-18(6-4-17)27-13-10-23-19(25)15-7-11-24(12-8-15)20(26)16-2-1-9-22-14-16/h1-6,9,14-15H,7-8,10-13H2,(H,23,25). The van der Waals surface area contributed by atoms with Crippen LogP contribution in [-0.4, -0.2) is 47.1 Å². The van der Waals surface area contributed by atoms with E-state index >= 15 is 0 Å². The number of likely N-dealkylation sites (tertiary alicyclic amines) is 1. The zero-order chi connectivity index (χ0) is 19.1. The van der Waals surface area contributed by atoms with E-state index in [1.807, 2.05) is 24.3 Å². The second kappa shape index (κ2) is 9.76. The fourth-order valence-electron chi connectivity index (χ4n) is 3.03. The van der Waals surface area contributed by atoms with Gasteiger partial charge in [0, 0.05) is 53.6 Å². The van der Waals surface area contributed by atoms with E-state index in [2.05, 4.69) is 10.3 Å². The first-order valence-electron chi connectivity index (χ1n) is 8.99. The Morgan fingerprint density at radius 3 is 2.59 bits per heavy atom. The first kappa shape index (κ1) is 19.7. The molecular formula is C20H22ClN3O2S. The number of carbonyl (C=O) groups excluding carboxylic acids is 2. The summed E-state index contributed by atoms with van der Waals surface area (Å²) in [5.74, 6) is 0.858. The number of hydrogen-bond acceptors (Lipinski definition) is 4. The maximum Gasteiger partial charge on any atom is 0.255 e. The number of nitrogens with zero attached hydrogens (tertiary/aromatic N) is 2. The van der Waals surface area contributed by atoms with E-state index in [4.69, 9.17) is 11.6 Å². The van der Waals surface area contributed by atoms with Crippen LogP contribution in [0, 0.1) is 5.92 Å². The van der Waals surface area contributed by atoms with E-state index in [9.17, 15) is 9.59 Å². The van der Waals surface area contributed by atoms with Gasteiger partial charge in [0.15, 0.2) is 0 Å². The summed E-state index contributed by atoms with van der Waals surface area (Å²) in [5.41, 5.74) is 0.597. The van der Waals surface area contributed by atoms with Gasteiger partial charge in [-0.05, 0) is 49.2 Å². The van der Waals surface area contributed by atoms with Crippen LogP contribution in [-0.2, 0) is 4.79 Å². The zero-order valence-electron chi connectivity index (χ0n) is 14.9. The second-order valence-corrected chi connectivity index (χ2v) is 8.01. The van der Waals surface area contributed by atoms with Gasteiger partial charge >= 0.3 is 0 Å². The van der Waals surface area contributed by atoms with Crippen molar-refractivity contribution in [3.05, 3.63) is 59.4 Å². The largest absolute Gasteiger partial charge is 0.355 e. The molecule has 1 N–H and O–H groups in total. The predicted molar refractivity (Wildman–Crippen MR) is 108 cm³/mol. The van der Waals surface area contributed by atoms with Crippen LogP contribution in [0.25, 0.3) is 0 Å². The maximum atomic E-state index is 12.4. The Labute approximate surface area is 168 Å². The molecule has 0 radical (unpaired) electrons. The number of pyridine rings is 1. The third-order valence-corrected chi connectivity index (χ3v) is 5.81.